The minimum atomic E-state index is -0.824. The van der Waals surface area contributed by atoms with Crippen molar-refractivity contribution in [3.8, 4) is 6.07 Å². The molecule has 2 aromatic rings. The van der Waals surface area contributed by atoms with Crippen molar-refractivity contribution >= 4 is 16.9 Å². The first kappa shape index (κ1) is 12.2. The molecule has 0 spiro atoms. The Labute approximate surface area is 105 Å². The van der Waals surface area contributed by atoms with Crippen molar-refractivity contribution in [1.29, 1.82) is 5.26 Å². The standard InChI is InChI=1S/C14H14N2O2/c15-7-3-4-8-16-10-11(9-14(17)18)12-5-1-2-6-13(12)16/h1-2,5-6,10H,3-4,8-9H2,(H,17,18). The monoisotopic (exact) mass is 242 g/mol. The van der Waals surface area contributed by atoms with Crippen molar-refractivity contribution in [2.75, 3.05) is 0 Å². The van der Waals surface area contributed by atoms with Crippen molar-refractivity contribution < 1.29 is 9.90 Å². The quantitative estimate of drug-likeness (QED) is 0.819. The van der Waals surface area contributed by atoms with Crippen LogP contribution in [0.25, 0.3) is 10.9 Å². The molecule has 1 aromatic heterocycles. The Hall–Kier alpha value is -2.28. The van der Waals surface area contributed by atoms with Crippen LogP contribution in [0.3, 0.4) is 0 Å². The zero-order chi connectivity index (χ0) is 13.0. The molecule has 0 fully saturated rings. The highest BCUT2D eigenvalue weighted by Crippen LogP contribution is 2.22. The molecular weight excluding hydrogens is 228 g/mol. The second kappa shape index (κ2) is 5.37. The van der Waals surface area contributed by atoms with E-state index in [4.69, 9.17) is 10.4 Å². The Kier molecular flexibility index (Phi) is 3.63. The van der Waals surface area contributed by atoms with Crippen LogP contribution >= 0.6 is 0 Å². The van der Waals surface area contributed by atoms with Gasteiger partial charge in [-0.1, -0.05) is 18.2 Å². The molecule has 0 unspecified atom stereocenters. The third kappa shape index (κ3) is 2.51. The predicted molar refractivity (Wildman–Crippen MR) is 68.1 cm³/mol. The summed E-state index contributed by atoms with van der Waals surface area (Å²) in [6.07, 6.45) is 3.21. The van der Waals surface area contributed by atoms with E-state index in [-0.39, 0.29) is 6.42 Å². The van der Waals surface area contributed by atoms with Crippen molar-refractivity contribution in [3.63, 3.8) is 0 Å². The lowest BCUT2D eigenvalue weighted by Crippen LogP contribution is -1.99. The normalized spacial score (nSPS) is 10.4. The Balaban J connectivity index is 2.35. The predicted octanol–water partition coefficient (Wildman–Crippen LogP) is 2.57. The smallest absolute Gasteiger partial charge is 0.307 e. The minimum Gasteiger partial charge on any atom is -0.481 e. The number of aromatic nitrogens is 1. The molecule has 92 valence electrons. The molecule has 0 amide bonds. The van der Waals surface area contributed by atoms with Gasteiger partial charge in [0.15, 0.2) is 0 Å². The zero-order valence-corrected chi connectivity index (χ0v) is 9.97. The lowest BCUT2D eigenvalue weighted by atomic mass is 10.1. The van der Waals surface area contributed by atoms with Gasteiger partial charge in [-0.05, 0) is 18.1 Å². The molecule has 0 bridgehead atoms. The average molecular weight is 242 g/mol. The number of nitrogens with zero attached hydrogens (tertiary/aromatic N) is 2. The van der Waals surface area contributed by atoms with E-state index in [0.717, 1.165) is 29.4 Å². The molecule has 2 rings (SSSR count). The summed E-state index contributed by atoms with van der Waals surface area (Å²) < 4.78 is 2.03. The third-order valence-electron chi connectivity index (χ3n) is 2.90. The Morgan fingerprint density at radius 1 is 1.39 bits per heavy atom. The molecule has 1 N–H and O–H groups in total. The number of hydrogen-bond donors (Lipinski definition) is 1. The highest BCUT2D eigenvalue weighted by molar-refractivity contribution is 5.87. The van der Waals surface area contributed by atoms with E-state index < -0.39 is 5.97 Å². The number of carboxylic acid groups (broad SMARTS) is 1. The van der Waals surface area contributed by atoms with Crippen LogP contribution in [0.15, 0.2) is 30.5 Å². The van der Waals surface area contributed by atoms with Crippen LogP contribution in [0.1, 0.15) is 18.4 Å². The van der Waals surface area contributed by atoms with E-state index in [1.54, 1.807) is 0 Å². The van der Waals surface area contributed by atoms with Gasteiger partial charge in [0.25, 0.3) is 0 Å². The maximum Gasteiger partial charge on any atom is 0.307 e. The highest BCUT2D eigenvalue weighted by Gasteiger charge is 2.10. The largest absolute Gasteiger partial charge is 0.481 e. The van der Waals surface area contributed by atoms with Crippen molar-refractivity contribution in [2.24, 2.45) is 0 Å². The molecule has 0 atom stereocenters. The van der Waals surface area contributed by atoms with Gasteiger partial charge in [-0.25, -0.2) is 0 Å². The van der Waals surface area contributed by atoms with E-state index in [0.29, 0.717) is 6.42 Å². The number of carboxylic acids is 1. The molecule has 0 aliphatic carbocycles. The zero-order valence-electron chi connectivity index (χ0n) is 9.97. The fraction of sp³-hybridized carbons (Fsp3) is 0.286. The maximum absolute atomic E-state index is 10.8. The fourth-order valence-corrected chi connectivity index (χ4v) is 2.14. The van der Waals surface area contributed by atoms with Gasteiger partial charge in [0.1, 0.15) is 0 Å². The number of aryl methyl sites for hydroxylation is 1. The first-order valence-corrected chi connectivity index (χ1v) is 5.88. The van der Waals surface area contributed by atoms with Gasteiger partial charge in [-0.15, -0.1) is 0 Å². The molecule has 0 saturated heterocycles. The highest BCUT2D eigenvalue weighted by atomic mass is 16.4. The van der Waals surface area contributed by atoms with Crippen LogP contribution in [0.4, 0.5) is 0 Å². The molecule has 18 heavy (non-hydrogen) atoms. The van der Waals surface area contributed by atoms with Gasteiger partial charge in [0, 0.05) is 30.1 Å². The topological polar surface area (TPSA) is 66.0 Å². The van der Waals surface area contributed by atoms with Gasteiger partial charge in [-0.2, -0.15) is 5.26 Å². The lowest BCUT2D eigenvalue weighted by Gasteiger charge is -2.02. The minimum absolute atomic E-state index is 0.0335. The number of hydrogen-bond acceptors (Lipinski definition) is 2. The number of para-hydroxylation sites is 1. The SMILES string of the molecule is N#CCCCn1cc(CC(=O)O)c2ccccc21. The molecule has 4 heteroatoms. The van der Waals surface area contributed by atoms with Crippen molar-refractivity contribution in [3.05, 3.63) is 36.0 Å². The van der Waals surface area contributed by atoms with Crippen molar-refractivity contribution in [2.45, 2.75) is 25.8 Å². The molecule has 0 saturated carbocycles. The number of nitriles is 1. The summed E-state index contributed by atoms with van der Waals surface area (Å²) in [6, 6.07) is 9.88. The van der Waals surface area contributed by atoms with Gasteiger partial charge < -0.3 is 9.67 Å². The lowest BCUT2D eigenvalue weighted by molar-refractivity contribution is -0.136. The summed E-state index contributed by atoms with van der Waals surface area (Å²) in [5.74, 6) is -0.824. The summed E-state index contributed by atoms with van der Waals surface area (Å²) in [4.78, 5) is 10.8. The van der Waals surface area contributed by atoms with Gasteiger partial charge >= 0.3 is 5.97 Å². The fourth-order valence-electron chi connectivity index (χ4n) is 2.14. The molecule has 1 heterocycles. The average Bonchev–Trinajstić information content (AvgIpc) is 2.68. The molecule has 0 radical (unpaired) electrons. The van der Waals surface area contributed by atoms with Crippen LogP contribution in [-0.2, 0) is 17.8 Å². The van der Waals surface area contributed by atoms with E-state index in [9.17, 15) is 4.79 Å². The number of carbonyl (C=O) groups is 1. The second-order valence-corrected chi connectivity index (χ2v) is 4.20. The number of benzene rings is 1. The second-order valence-electron chi connectivity index (χ2n) is 4.20. The summed E-state index contributed by atoms with van der Waals surface area (Å²) in [5, 5.41) is 18.4. The first-order valence-electron chi connectivity index (χ1n) is 5.88. The molecule has 0 aliphatic heterocycles. The molecule has 4 nitrogen and oxygen atoms in total. The van der Waals surface area contributed by atoms with Crippen LogP contribution < -0.4 is 0 Å². The van der Waals surface area contributed by atoms with Gasteiger partial charge in [-0.3, -0.25) is 4.79 Å². The summed E-state index contributed by atoms with van der Waals surface area (Å²) in [6.45, 7) is 0.744. The number of unbranched alkanes of at least 4 members (excludes halogenated alkanes) is 1. The maximum atomic E-state index is 10.8. The van der Waals surface area contributed by atoms with Crippen LogP contribution in [-0.4, -0.2) is 15.6 Å². The van der Waals surface area contributed by atoms with E-state index in [2.05, 4.69) is 6.07 Å². The molecule has 1 aromatic carbocycles. The summed E-state index contributed by atoms with van der Waals surface area (Å²) >= 11 is 0. The Morgan fingerprint density at radius 3 is 2.89 bits per heavy atom. The summed E-state index contributed by atoms with van der Waals surface area (Å²) in [7, 11) is 0. The third-order valence-corrected chi connectivity index (χ3v) is 2.90. The summed E-state index contributed by atoms with van der Waals surface area (Å²) in [5.41, 5.74) is 1.86. The van der Waals surface area contributed by atoms with Crippen LogP contribution in [0.2, 0.25) is 0 Å². The number of fused-ring (bicyclic) bond motifs is 1. The number of aliphatic carboxylic acids is 1. The Morgan fingerprint density at radius 2 is 2.17 bits per heavy atom. The molecule has 0 aliphatic rings. The van der Waals surface area contributed by atoms with Crippen molar-refractivity contribution in [1.82, 2.24) is 4.57 Å². The van der Waals surface area contributed by atoms with Crippen LogP contribution in [0, 0.1) is 11.3 Å². The van der Waals surface area contributed by atoms with Crippen LogP contribution in [0.5, 0.6) is 0 Å². The number of rotatable bonds is 5. The van der Waals surface area contributed by atoms with Gasteiger partial charge in [0.05, 0.1) is 12.5 Å². The first-order chi connectivity index (χ1) is 8.72. The van der Waals surface area contributed by atoms with E-state index >= 15 is 0 Å². The molecular formula is C14H14N2O2. The van der Waals surface area contributed by atoms with E-state index in [1.807, 2.05) is 35.0 Å². The Bertz CT molecular complexity index is 608. The van der Waals surface area contributed by atoms with E-state index in [1.165, 1.54) is 0 Å². The van der Waals surface area contributed by atoms with Gasteiger partial charge in [0.2, 0.25) is 0 Å².